The number of thiazole rings is 1. The number of likely N-dealkylation sites (tertiary alicyclic amines) is 1. The van der Waals surface area contributed by atoms with Gasteiger partial charge in [0.2, 0.25) is 11.8 Å². The van der Waals surface area contributed by atoms with Crippen molar-refractivity contribution >= 4 is 29.2 Å². The zero-order valence-corrected chi connectivity index (χ0v) is 20.2. The molecule has 3 rings (SSSR count). The number of nitrogens with one attached hydrogen (secondary N) is 2. The van der Waals surface area contributed by atoms with Crippen molar-refractivity contribution in [3.63, 3.8) is 0 Å². The summed E-state index contributed by atoms with van der Waals surface area (Å²) in [5, 5.41) is 24.0. The monoisotopic (exact) mass is 492 g/mol. The average molecular weight is 493 g/mol. The summed E-state index contributed by atoms with van der Waals surface area (Å²) < 4.78 is 14.8. The number of amides is 3. The fourth-order valence-corrected chi connectivity index (χ4v) is 4.71. The number of nitrogens with zero attached hydrogens (tertiary/aromatic N) is 2. The first kappa shape index (κ1) is 25.6. The van der Waals surface area contributed by atoms with Crippen LogP contribution in [-0.4, -0.2) is 68.9 Å². The van der Waals surface area contributed by atoms with Gasteiger partial charge in [-0.25, -0.2) is 14.2 Å². The number of benzene rings is 1. The van der Waals surface area contributed by atoms with Crippen LogP contribution in [0.25, 0.3) is 10.4 Å². The van der Waals surface area contributed by atoms with Crippen LogP contribution in [0.3, 0.4) is 0 Å². The van der Waals surface area contributed by atoms with Gasteiger partial charge in [0.15, 0.2) is 6.17 Å². The first-order valence-electron chi connectivity index (χ1n) is 10.8. The lowest BCUT2D eigenvalue weighted by Crippen LogP contribution is -2.58. The van der Waals surface area contributed by atoms with Gasteiger partial charge in [0, 0.05) is 6.54 Å². The summed E-state index contributed by atoms with van der Waals surface area (Å²) in [5.74, 6) is -1.53. The van der Waals surface area contributed by atoms with Crippen molar-refractivity contribution in [1.82, 2.24) is 20.5 Å². The molecule has 9 nitrogen and oxygen atoms in total. The van der Waals surface area contributed by atoms with Gasteiger partial charge in [-0.3, -0.25) is 9.59 Å². The van der Waals surface area contributed by atoms with E-state index in [2.05, 4.69) is 15.6 Å². The van der Waals surface area contributed by atoms with Crippen molar-refractivity contribution in [3.05, 3.63) is 41.0 Å². The third-order valence-electron chi connectivity index (χ3n) is 5.75. The Morgan fingerprint density at radius 2 is 1.91 bits per heavy atom. The average Bonchev–Trinajstić information content (AvgIpc) is 3.32. The third kappa shape index (κ3) is 5.53. The van der Waals surface area contributed by atoms with E-state index in [1.54, 1.807) is 26.3 Å². The van der Waals surface area contributed by atoms with Crippen LogP contribution in [0.1, 0.15) is 32.0 Å². The van der Waals surface area contributed by atoms with Gasteiger partial charge in [-0.2, -0.15) is 0 Å². The fourth-order valence-electron chi connectivity index (χ4n) is 3.90. The molecule has 1 saturated heterocycles. The molecule has 1 aromatic heterocycles. The summed E-state index contributed by atoms with van der Waals surface area (Å²) in [7, 11) is 0. The summed E-state index contributed by atoms with van der Waals surface area (Å²) in [6, 6.07) is 4.69. The second kappa shape index (κ2) is 10.1. The molecule has 4 N–H and O–H groups in total. The second-order valence-electron chi connectivity index (χ2n) is 9.38. The van der Waals surface area contributed by atoms with Crippen molar-refractivity contribution in [2.75, 3.05) is 6.54 Å². The van der Waals surface area contributed by atoms with E-state index in [-0.39, 0.29) is 6.54 Å². The highest BCUT2D eigenvalue weighted by atomic mass is 32.1. The Kier molecular flexibility index (Phi) is 7.57. The first-order chi connectivity index (χ1) is 15.9. The maximum atomic E-state index is 14.8. The quantitative estimate of drug-likeness (QED) is 0.489. The van der Waals surface area contributed by atoms with Crippen LogP contribution in [0.4, 0.5) is 9.18 Å². The third-order valence-corrected chi connectivity index (χ3v) is 6.73. The molecule has 184 valence electrons. The number of alkyl halides is 1. The molecule has 1 fully saturated rings. The van der Waals surface area contributed by atoms with E-state index in [4.69, 9.17) is 5.11 Å². The Hall–Kier alpha value is -3.05. The number of carboxylic acid groups (broad SMARTS) is 1. The molecule has 1 unspecified atom stereocenters. The Balaban J connectivity index is 1.72. The molecule has 4 atom stereocenters. The van der Waals surface area contributed by atoms with Crippen LogP contribution < -0.4 is 10.6 Å². The van der Waals surface area contributed by atoms with Crippen molar-refractivity contribution < 1.29 is 29.0 Å². The standard InChI is InChI=1S/C23H29FN4O5S/c1-12-18(34-11-26-12)14-7-5-13(6-8-14)9-25-20(30)17-16(24)15(29)10-28(17)21(31)19(23(2,3)4)27-22(32)33/h5-8,11,15-17,19,27,29H,9-10H2,1-4H3,(H,25,30)(H,32,33)/t15-,16+,17-,19?/m0/s1. The van der Waals surface area contributed by atoms with Crippen molar-refractivity contribution in [2.24, 2.45) is 5.41 Å². The lowest BCUT2D eigenvalue weighted by molar-refractivity contribution is -0.143. The molecule has 0 bridgehead atoms. The molecule has 0 aliphatic carbocycles. The molecule has 3 amide bonds. The molecule has 11 heteroatoms. The van der Waals surface area contributed by atoms with Gasteiger partial charge < -0.3 is 25.7 Å². The minimum Gasteiger partial charge on any atom is -0.465 e. The Labute approximate surface area is 201 Å². The van der Waals surface area contributed by atoms with Gasteiger partial charge in [-0.1, -0.05) is 45.0 Å². The number of aryl methyl sites for hydroxylation is 1. The SMILES string of the molecule is Cc1ncsc1-c1ccc(CNC(=O)[C@@H]2[C@H](F)[C@@H](O)CN2C(=O)C(NC(=O)O)C(C)(C)C)cc1. The predicted molar refractivity (Wildman–Crippen MR) is 125 cm³/mol. The lowest BCUT2D eigenvalue weighted by Gasteiger charge is -2.34. The number of carbonyl (C=O) groups is 3. The normalized spacial score (nSPS) is 21.2. The zero-order chi connectivity index (χ0) is 25.2. The topological polar surface area (TPSA) is 132 Å². The minimum absolute atomic E-state index is 0.0954. The van der Waals surface area contributed by atoms with Crippen LogP contribution >= 0.6 is 11.3 Å². The highest BCUT2D eigenvalue weighted by molar-refractivity contribution is 7.13. The van der Waals surface area contributed by atoms with Crippen molar-refractivity contribution in [1.29, 1.82) is 0 Å². The number of aliphatic hydroxyl groups excluding tert-OH is 1. The maximum Gasteiger partial charge on any atom is 0.405 e. The van der Waals surface area contributed by atoms with E-state index in [9.17, 15) is 23.9 Å². The lowest BCUT2D eigenvalue weighted by atomic mass is 9.85. The van der Waals surface area contributed by atoms with Gasteiger partial charge in [0.25, 0.3) is 0 Å². The molecule has 34 heavy (non-hydrogen) atoms. The summed E-state index contributed by atoms with van der Waals surface area (Å²) in [6.07, 6.45) is -4.96. The van der Waals surface area contributed by atoms with E-state index in [1.165, 1.54) is 11.3 Å². The molecule has 1 aromatic carbocycles. The van der Waals surface area contributed by atoms with Crippen molar-refractivity contribution in [3.8, 4) is 10.4 Å². The van der Waals surface area contributed by atoms with Crippen molar-refractivity contribution in [2.45, 2.75) is 58.6 Å². The minimum atomic E-state index is -1.99. The maximum absolute atomic E-state index is 14.8. The van der Waals surface area contributed by atoms with Gasteiger partial charge in [0.05, 0.1) is 22.6 Å². The number of aromatic nitrogens is 1. The van der Waals surface area contributed by atoms with Gasteiger partial charge >= 0.3 is 6.09 Å². The molecule has 2 aromatic rings. The first-order valence-corrected chi connectivity index (χ1v) is 11.7. The number of aliphatic hydroxyl groups is 1. The number of rotatable bonds is 6. The molecule has 0 radical (unpaired) electrons. The molecular weight excluding hydrogens is 463 g/mol. The highest BCUT2D eigenvalue weighted by Gasteiger charge is 2.50. The molecule has 1 aliphatic rings. The van der Waals surface area contributed by atoms with Gasteiger partial charge in [-0.15, -0.1) is 11.3 Å². The zero-order valence-electron chi connectivity index (χ0n) is 19.4. The second-order valence-corrected chi connectivity index (χ2v) is 10.2. The number of halogens is 1. The Morgan fingerprint density at radius 1 is 1.26 bits per heavy atom. The Bertz CT molecular complexity index is 1050. The molecule has 2 heterocycles. The number of β-amino-alcohol motifs (C(OH)–C–C–N with tert-alkyl or cyclic N) is 1. The summed E-state index contributed by atoms with van der Waals surface area (Å²) in [4.78, 5) is 43.4. The molecular formula is C23H29FN4O5S. The van der Waals surface area contributed by atoms with E-state index in [0.29, 0.717) is 0 Å². The van der Waals surface area contributed by atoms with E-state index in [0.717, 1.165) is 26.6 Å². The van der Waals surface area contributed by atoms with Crippen LogP contribution in [0.2, 0.25) is 0 Å². The largest absolute Gasteiger partial charge is 0.465 e. The number of carbonyl (C=O) groups excluding carboxylic acids is 2. The number of hydrogen-bond donors (Lipinski definition) is 4. The highest BCUT2D eigenvalue weighted by Crippen LogP contribution is 2.29. The van der Waals surface area contributed by atoms with Crippen LogP contribution in [0, 0.1) is 12.3 Å². The van der Waals surface area contributed by atoms with Gasteiger partial charge in [-0.05, 0) is 23.5 Å². The molecule has 0 saturated carbocycles. The van der Waals surface area contributed by atoms with Crippen LogP contribution in [0.5, 0.6) is 0 Å². The van der Waals surface area contributed by atoms with Crippen LogP contribution in [0.15, 0.2) is 29.8 Å². The fraction of sp³-hybridized carbons (Fsp3) is 0.478. The van der Waals surface area contributed by atoms with Gasteiger partial charge in [0.1, 0.15) is 18.2 Å². The summed E-state index contributed by atoms with van der Waals surface area (Å²) >= 11 is 1.53. The van der Waals surface area contributed by atoms with E-state index in [1.807, 2.05) is 31.2 Å². The van der Waals surface area contributed by atoms with E-state index < -0.39 is 54.2 Å². The smallest absolute Gasteiger partial charge is 0.405 e. The number of hydrogen-bond acceptors (Lipinski definition) is 6. The Morgan fingerprint density at radius 3 is 2.44 bits per heavy atom. The molecule has 1 aliphatic heterocycles. The van der Waals surface area contributed by atoms with Crippen LogP contribution in [-0.2, 0) is 16.1 Å². The predicted octanol–water partition coefficient (Wildman–Crippen LogP) is 2.33. The summed E-state index contributed by atoms with van der Waals surface area (Å²) in [6.45, 7) is 6.56. The summed E-state index contributed by atoms with van der Waals surface area (Å²) in [5.41, 5.74) is 3.62. The van der Waals surface area contributed by atoms with E-state index >= 15 is 0 Å². The molecule has 0 spiro atoms.